The van der Waals surface area contributed by atoms with E-state index in [0.29, 0.717) is 5.41 Å². The molecule has 2 heteroatoms. The maximum Gasteiger partial charge on any atom is 0.0533 e. The SMILES string of the molecule is CCC(C)C1(CBr)CCCOC1. The summed E-state index contributed by atoms with van der Waals surface area (Å²) in [5.41, 5.74) is 0.424. The largest absolute Gasteiger partial charge is 0.381 e. The fourth-order valence-electron chi connectivity index (χ4n) is 1.93. The van der Waals surface area contributed by atoms with Crippen LogP contribution < -0.4 is 0 Å². The van der Waals surface area contributed by atoms with Crippen molar-refractivity contribution >= 4 is 15.9 Å². The summed E-state index contributed by atoms with van der Waals surface area (Å²) in [7, 11) is 0. The van der Waals surface area contributed by atoms with E-state index in [4.69, 9.17) is 4.74 Å². The zero-order chi connectivity index (χ0) is 9.03. The van der Waals surface area contributed by atoms with Crippen LogP contribution >= 0.6 is 15.9 Å². The molecule has 1 rings (SSSR count). The number of rotatable bonds is 3. The molecule has 0 amide bonds. The van der Waals surface area contributed by atoms with E-state index in [1.54, 1.807) is 0 Å². The van der Waals surface area contributed by atoms with Crippen LogP contribution in [0.2, 0.25) is 0 Å². The first-order chi connectivity index (χ1) is 5.75. The van der Waals surface area contributed by atoms with Gasteiger partial charge >= 0.3 is 0 Å². The Labute approximate surface area is 84.0 Å². The Kier molecular flexibility index (Phi) is 4.04. The zero-order valence-electron chi connectivity index (χ0n) is 8.11. The van der Waals surface area contributed by atoms with Gasteiger partial charge in [-0.25, -0.2) is 0 Å². The lowest BCUT2D eigenvalue weighted by Gasteiger charge is -2.40. The molecular formula is C10H19BrO. The highest BCUT2D eigenvalue weighted by Gasteiger charge is 2.36. The van der Waals surface area contributed by atoms with Crippen LogP contribution in [0.1, 0.15) is 33.1 Å². The Morgan fingerprint density at radius 2 is 2.33 bits per heavy atom. The monoisotopic (exact) mass is 234 g/mol. The highest BCUT2D eigenvalue weighted by molar-refractivity contribution is 9.09. The maximum atomic E-state index is 5.57. The van der Waals surface area contributed by atoms with Crippen LogP contribution in [0.15, 0.2) is 0 Å². The number of halogens is 1. The Bertz CT molecular complexity index is 130. The van der Waals surface area contributed by atoms with E-state index >= 15 is 0 Å². The van der Waals surface area contributed by atoms with Gasteiger partial charge < -0.3 is 4.74 Å². The average molecular weight is 235 g/mol. The molecule has 0 aromatic heterocycles. The summed E-state index contributed by atoms with van der Waals surface area (Å²) in [6.07, 6.45) is 3.82. The van der Waals surface area contributed by atoms with Crippen LogP contribution in [0, 0.1) is 11.3 Å². The highest BCUT2D eigenvalue weighted by atomic mass is 79.9. The van der Waals surface area contributed by atoms with Crippen LogP contribution in [-0.2, 0) is 4.74 Å². The molecule has 2 atom stereocenters. The Balaban J connectivity index is 2.59. The summed E-state index contributed by atoms with van der Waals surface area (Å²) in [6.45, 7) is 6.53. The molecule has 2 unspecified atom stereocenters. The normalized spacial score (nSPS) is 33.2. The van der Waals surface area contributed by atoms with E-state index in [9.17, 15) is 0 Å². The van der Waals surface area contributed by atoms with Crippen LogP contribution in [0.4, 0.5) is 0 Å². The minimum absolute atomic E-state index is 0.424. The van der Waals surface area contributed by atoms with Crippen LogP contribution in [0.25, 0.3) is 0 Å². The van der Waals surface area contributed by atoms with Crippen molar-refractivity contribution in [2.24, 2.45) is 11.3 Å². The lowest BCUT2D eigenvalue weighted by Crippen LogP contribution is -2.39. The van der Waals surface area contributed by atoms with Crippen molar-refractivity contribution in [3.05, 3.63) is 0 Å². The van der Waals surface area contributed by atoms with Gasteiger partial charge in [0.05, 0.1) is 6.61 Å². The van der Waals surface area contributed by atoms with Crippen LogP contribution in [0.5, 0.6) is 0 Å². The lowest BCUT2D eigenvalue weighted by atomic mass is 9.73. The van der Waals surface area contributed by atoms with E-state index < -0.39 is 0 Å². The molecule has 1 fully saturated rings. The molecule has 0 aromatic carbocycles. The second kappa shape index (κ2) is 4.61. The third-order valence-electron chi connectivity index (χ3n) is 3.28. The first-order valence-corrected chi connectivity index (χ1v) is 6.01. The van der Waals surface area contributed by atoms with Gasteiger partial charge in [-0.1, -0.05) is 36.2 Å². The van der Waals surface area contributed by atoms with Crippen molar-refractivity contribution in [1.82, 2.24) is 0 Å². The van der Waals surface area contributed by atoms with Gasteiger partial charge in [0.1, 0.15) is 0 Å². The molecule has 0 saturated carbocycles. The highest BCUT2D eigenvalue weighted by Crippen LogP contribution is 2.39. The minimum atomic E-state index is 0.424. The van der Waals surface area contributed by atoms with Crippen molar-refractivity contribution in [1.29, 1.82) is 0 Å². The third kappa shape index (κ3) is 2.02. The molecule has 0 spiro atoms. The van der Waals surface area contributed by atoms with Gasteiger partial charge in [-0.05, 0) is 18.8 Å². The summed E-state index contributed by atoms with van der Waals surface area (Å²) in [6, 6.07) is 0. The molecule has 0 radical (unpaired) electrons. The maximum absolute atomic E-state index is 5.57. The summed E-state index contributed by atoms with van der Waals surface area (Å²) in [5, 5.41) is 1.09. The second-order valence-electron chi connectivity index (χ2n) is 3.96. The molecule has 1 nitrogen and oxygen atoms in total. The van der Waals surface area contributed by atoms with Gasteiger partial charge in [0.2, 0.25) is 0 Å². The van der Waals surface area contributed by atoms with Crippen LogP contribution in [-0.4, -0.2) is 18.5 Å². The quantitative estimate of drug-likeness (QED) is 0.682. The van der Waals surface area contributed by atoms with Gasteiger partial charge in [-0.3, -0.25) is 0 Å². The van der Waals surface area contributed by atoms with Gasteiger partial charge in [0.15, 0.2) is 0 Å². The van der Waals surface area contributed by atoms with E-state index in [0.717, 1.165) is 24.5 Å². The summed E-state index contributed by atoms with van der Waals surface area (Å²) >= 11 is 3.63. The molecule has 1 heterocycles. The molecule has 1 aliphatic rings. The summed E-state index contributed by atoms with van der Waals surface area (Å²) < 4.78 is 5.57. The molecule has 72 valence electrons. The van der Waals surface area contributed by atoms with E-state index in [1.165, 1.54) is 19.3 Å². The van der Waals surface area contributed by atoms with Gasteiger partial charge in [-0.2, -0.15) is 0 Å². The van der Waals surface area contributed by atoms with E-state index in [-0.39, 0.29) is 0 Å². The van der Waals surface area contributed by atoms with Crippen molar-refractivity contribution in [3.63, 3.8) is 0 Å². The predicted molar refractivity (Wildman–Crippen MR) is 55.7 cm³/mol. The number of hydrogen-bond acceptors (Lipinski definition) is 1. The van der Waals surface area contributed by atoms with Crippen molar-refractivity contribution < 1.29 is 4.74 Å². The molecular weight excluding hydrogens is 216 g/mol. The summed E-state index contributed by atoms with van der Waals surface area (Å²) in [4.78, 5) is 0. The number of hydrogen-bond donors (Lipinski definition) is 0. The van der Waals surface area contributed by atoms with Gasteiger partial charge in [0, 0.05) is 17.4 Å². The molecule has 1 saturated heterocycles. The Morgan fingerprint density at radius 3 is 2.75 bits per heavy atom. The number of ether oxygens (including phenoxy) is 1. The predicted octanol–water partition coefficient (Wildman–Crippen LogP) is 3.22. The topological polar surface area (TPSA) is 9.23 Å². The summed E-state index contributed by atoms with van der Waals surface area (Å²) in [5.74, 6) is 0.775. The van der Waals surface area contributed by atoms with Crippen molar-refractivity contribution in [2.75, 3.05) is 18.5 Å². The van der Waals surface area contributed by atoms with Crippen molar-refractivity contribution in [3.8, 4) is 0 Å². The average Bonchev–Trinajstić information content (AvgIpc) is 2.17. The molecule has 0 N–H and O–H groups in total. The Morgan fingerprint density at radius 1 is 1.58 bits per heavy atom. The second-order valence-corrected chi connectivity index (χ2v) is 4.52. The fourth-order valence-corrected chi connectivity index (χ4v) is 2.93. The number of alkyl halides is 1. The van der Waals surface area contributed by atoms with Crippen molar-refractivity contribution in [2.45, 2.75) is 33.1 Å². The van der Waals surface area contributed by atoms with Crippen LogP contribution in [0.3, 0.4) is 0 Å². The van der Waals surface area contributed by atoms with E-state index in [2.05, 4.69) is 29.8 Å². The molecule has 0 bridgehead atoms. The first kappa shape index (κ1) is 10.5. The molecule has 0 aromatic rings. The smallest absolute Gasteiger partial charge is 0.0533 e. The lowest BCUT2D eigenvalue weighted by molar-refractivity contribution is -0.0239. The zero-order valence-corrected chi connectivity index (χ0v) is 9.69. The standard InChI is InChI=1S/C10H19BrO/c1-3-9(2)10(7-11)5-4-6-12-8-10/h9H,3-8H2,1-2H3. The third-order valence-corrected chi connectivity index (χ3v) is 4.39. The Hall–Kier alpha value is 0.440. The van der Waals surface area contributed by atoms with Gasteiger partial charge in [0.25, 0.3) is 0 Å². The fraction of sp³-hybridized carbons (Fsp3) is 1.00. The first-order valence-electron chi connectivity index (χ1n) is 4.89. The van der Waals surface area contributed by atoms with E-state index in [1.807, 2.05) is 0 Å². The van der Waals surface area contributed by atoms with Gasteiger partial charge in [-0.15, -0.1) is 0 Å². The minimum Gasteiger partial charge on any atom is -0.381 e. The molecule has 12 heavy (non-hydrogen) atoms. The molecule has 1 aliphatic heterocycles. The molecule has 0 aliphatic carbocycles.